The fourth-order valence-electron chi connectivity index (χ4n) is 2.31. The number of nitrogens with zero attached hydrogens (tertiary/aromatic N) is 1. The number of ether oxygens (including phenoxy) is 2. The highest BCUT2D eigenvalue weighted by molar-refractivity contribution is 7.99. The summed E-state index contributed by atoms with van der Waals surface area (Å²) >= 11 is 1.14. The maximum absolute atomic E-state index is 11.7. The molecule has 0 spiro atoms. The number of amides is 1. The number of benzene rings is 1. The molecule has 0 unspecified atom stereocenters. The molecule has 7 nitrogen and oxygen atoms in total. The lowest BCUT2D eigenvalue weighted by Crippen LogP contribution is -2.35. The van der Waals surface area contributed by atoms with Crippen LogP contribution in [0.25, 0.3) is 11.1 Å². The van der Waals surface area contributed by atoms with Gasteiger partial charge in [-0.2, -0.15) is 0 Å². The van der Waals surface area contributed by atoms with Crippen LogP contribution in [0.5, 0.6) is 0 Å². The van der Waals surface area contributed by atoms with Crippen LogP contribution >= 0.6 is 11.8 Å². The summed E-state index contributed by atoms with van der Waals surface area (Å²) in [5, 5.41) is 3.09. The molecule has 1 N–H and O–H groups in total. The highest BCUT2D eigenvalue weighted by Gasteiger charge is 2.17. The van der Waals surface area contributed by atoms with Crippen LogP contribution in [0, 0.1) is 0 Å². The van der Waals surface area contributed by atoms with Gasteiger partial charge in [-0.1, -0.05) is 23.9 Å². The average Bonchev–Trinajstić information content (AvgIpc) is 3.25. The summed E-state index contributed by atoms with van der Waals surface area (Å²) in [7, 11) is 0. The molecule has 1 aromatic heterocycles. The van der Waals surface area contributed by atoms with Crippen molar-refractivity contribution < 1.29 is 23.5 Å². The van der Waals surface area contributed by atoms with Gasteiger partial charge in [0.15, 0.2) is 12.2 Å². The molecule has 0 aliphatic carbocycles. The second-order valence-corrected chi connectivity index (χ2v) is 6.26. The standard InChI is InChI=1S/C16H18N2O5S/c19-14(17-8-11-4-3-7-21-11)9-22-15(20)10-24-16-18-12-5-1-2-6-13(12)23-16/h1-2,5-6,11H,3-4,7-10H2,(H,17,19)/t11-/m0/s1. The Morgan fingerprint density at radius 1 is 1.38 bits per heavy atom. The van der Waals surface area contributed by atoms with E-state index in [0.717, 1.165) is 36.7 Å². The molecule has 2 aromatic rings. The number of nitrogens with one attached hydrogen (secondary N) is 1. The maximum atomic E-state index is 11.7. The molecule has 1 atom stereocenters. The van der Waals surface area contributed by atoms with Gasteiger partial charge in [0.05, 0.1) is 6.10 Å². The molecule has 24 heavy (non-hydrogen) atoms. The third-order valence-electron chi connectivity index (χ3n) is 3.50. The number of rotatable bonds is 7. The van der Waals surface area contributed by atoms with Crippen molar-refractivity contribution in [1.82, 2.24) is 10.3 Å². The minimum Gasteiger partial charge on any atom is -0.455 e. The molecule has 1 aromatic carbocycles. The SMILES string of the molecule is O=C(COC(=O)CSc1nc2ccccc2o1)NC[C@@H]1CCCO1. The molecule has 0 saturated carbocycles. The Hall–Kier alpha value is -2.06. The second kappa shape index (κ2) is 8.16. The zero-order chi connectivity index (χ0) is 16.8. The monoisotopic (exact) mass is 350 g/mol. The van der Waals surface area contributed by atoms with Crippen LogP contribution in [-0.2, 0) is 19.1 Å². The fraction of sp³-hybridized carbons (Fsp3) is 0.438. The molecule has 1 fully saturated rings. The van der Waals surface area contributed by atoms with Crippen LogP contribution in [0.3, 0.4) is 0 Å². The number of hydrogen-bond acceptors (Lipinski definition) is 7. The highest BCUT2D eigenvalue weighted by atomic mass is 32.2. The normalized spacial score (nSPS) is 17.1. The molecule has 1 aliphatic heterocycles. The number of para-hydroxylation sites is 2. The van der Waals surface area contributed by atoms with Gasteiger partial charge >= 0.3 is 5.97 Å². The molecule has 0 bridgehead atoms. The average molecular weight is 350 g/mol. The molecule has 8 heteroatoms. The van der Waals surface area contributed by atoms with Crippen LogP contribution in [0.4, 0.5) is 0 Å². The van der Waals surface area contributed by atoms with Crippen molar-refractivity contribution in [2.75, 3.05) is 25.5 Å². The molecule has 1 saturated heterocycles. The lowest BCUT2D eigenvalue weighted by molar-refractivity contribution is -0.146. The van der Waals surface area contributed by atoms with Crippen LogP contribution in [0.2, 0.25) is 0 Å². The van der Waals surface area contributed by atoms with Crippen molar-refractivity contribution in [3.05, 3.63) is 24.3 Å². The van der Waals surface area contributed by atoms with Gasteiger partial charge in [0.25, 0.3) is 11.1 Å². The fourth-order valence-corrected chi connectivity index (χ4v) is 2.94. The van der Waals surface area contributed by atoms with Gasteiger partial charge in [0.2, 0.25) is 0 Å². The Balaban J connectivity index is 1.35. The van der Waals surface area contributed by atoms with E-state index >= 15 is 0 Å². The first-order valence-corrected chi connectivity index (χ1v) is 8.71. The van der Waals surface area contributed by atoms with E-state index in [-0.39, 0.29) is 24.4 Å². The van der Waals surface area contributed by atoms with Gasteiger partial charge in [-0.25, -0.2) is 4.98 Å². The smallest absolute Gasteiger partial charge is 0.316 e. The number of aromatic nitrogens is 1. The minimum absolute atomic E-state index is 0.0336. The van der Waals surface area contributed by atoms with E-state index in [1.807, 2.05) is 24.3 Å². The Bertz CT molecular complexity index is 678. The Kier molecular flexibility index (Phi) is 5.71. The first-order valence-electron chi connectivity index (χ1n) is 7.73. The van der Waals surface area contributed by atoms with Crippen molar-refractivity contribution in [2.45, 2.75) is 24.2 Å². The third-order valence-corrected chi connectivity index (χ3v) is 4.30. The van der Waals surface area contributed by atoms with Gasteiger partial charge in [-0.3, -0.25) is 9.59 Å². The van der Waals surface area contributed by atoms with Crippen LogP contribution in [0.1, 0.15) is 12.8 Å². The van der Waals surface area contributed by atoms with E-state index < -0.39 is 5.97 Å². The predicted molar refractivity (Wildman–Crippen MR) is 87.7 cm³/mol. The molecule has 128 valence electrons. The number of oxazole rings is 1. The van der Waals surface area contributed by atoms with Crippen molar-refractivity contribution in [1.29, 1.82) is 0 Å². The third kappa shape index (κ3) is 4.72. The molecular formula is C16H18N2O5S. The highest BCUT2D eigenvalue weighted by Crippen LogP contribution is 2.23. The van der Waals surface area contributed by atoms with Crippen molar-refractivity contribution >= 4 is 34.7 Å². The number of fused-ring (bicyclic) bond motifs is 1. The zero-order valence-corrected chi connectivity index (χ0v) is 13.8. The first kappa shape index (κ1) is 16.8. The van der Waals surface area contributed by atoms with E-state index in [0.29, 0.717) is 17.4 Å². The summed E-state index contributed by atoms with van der Waals surface area (Å²) in [6, 6.07) is 7.36. The van der Waals surface area contributed by atoms with Crippen LogP contribution in [0.15, 0.2) is 33.9 Å². The second-order valence-electron chi connectivity index (χ2n) is 5.34. The van der Waals surface area contributed by atoms with Crippen molar-refractivity contribution in [3.63, 3.8) is 0 Å². The number of carbonyl (C=O) groups is 2. The van der Waals surface area contributed by atoms with Gasteiger partial charge in [-0.15, -0.1) is 0 Å². The van der Waals surface area contributed by atoms with Crippen molar-refractivity contribution in [2.24, 2.45) is 0 Å². The molecule has 0 radical (unpaired) electrons. The summed E-state index contributed by atoms with van der Waals surface area (Å²) in [6.45, 7) is 0.899. The van der Waals surface area contributed by atoms with Crippen LogP contribution in [-0.4, -0.2) is 48.5 Å². The molecule has 2 heterocycles. The Morgan fingerprint density at radius 3 is 3.04 bits per heavy atom. The van der Waals surface area contributed by atoms with Crippen LogP contribution < -0.4 is 5.32 Å². The lowest BCUT2D eigenvalue weighted by atomic mass is 10.2. The van der Waals surface area contributed by atoms with E-state index in [4.69, 9.17) is 13.9 Å². The van der Waals surface area contributed by atoms with E-state index in [1.165, 1.54) is 0 Å². The number of carbonyl (C=O) groups excluding carboxylic acids is 2. The zero-order valence-electron chi connectivity index (χ0n) is 13.0. The molecular weight excluding hydrogens is 332 g/mol. The quantitative estimate of drug-likeness (QED) is 0.601. The topological polar surface area (TPSA) is 90.7 Å². The van der Waals surface area contributed by atoms with Gasteiger partial charge in [0, 0.05) is 13.2 Å². The summed E-state index contributed by atoms with van der Waals surface area (Å²) in [5.41, 5.74) is 1.41. The maximum Gasteiger partial charge on any atom is 0.316 e. The van der Waals surface area contributed by atoms with Gasteiger partial charge in [0.1, 0.15) is 11.3 Å². The summed E-state index contributed by atoms with van der Waals surface area (Å²) in [4.78, 5) is 27.5. The largest absolute Gasteiger partial charge is 0.455 e. The minimum atomic E-state index is -0.491. The Labute approximate surface area is 143 Å². The van der Waals surface area contributed by atoms with E-state index in [9.17, 15) is 9.59 Å². The van der Waals surface area contributed by atoms with Gasteiger partial charge < -0.3 is 19.2 Å². The van der Waals surface area contributed by atoms with Gasteiger partial charge in [-0.05, 0) is 25.0 Å². The van der Waals surface area contributed by atoms with Crippen molar-refractivity contribution in [3.8, 4) is 0 Å². The Morgan fingerprint density at radius 2 is 2.25 bits per heavy atom. The number of hydrogen-bond donors (Lipinski definition) is 1. The predicted octanol–water partition coefficient (Wildman–Crippen LogP) is 1.76. The molecule has 3 rings (SSSR count). The summed E-state index contributed by atoms with van der Waals surface area (Å²) < 4.78 is 15.8. The number of thioether (sulfide) groups is 1. The lowest BCUT2D eigenvalue weighted by Gasteiger charge is -2.10. The summed E-state index contributed by atoms with van der Waals surface area (Å²) in [5.74, 6) is -0.786. The molecule has 1 amide bonds. The molecule has 1 aliphatic rings. The van der Waals surface area contributed by atoms with E-state index in [2.05, 4.69) is 10.3 Å². The van der Waals surface area contributed by atoms with E-state index in [1.54, 1.807) is 0 Å². The first-order chi connectivity index (χ1) is 11.7. The number of esters is 1. The summed E-state index contributed by atoms with van der Waals surface area (Å²) in [6.07, 6.45) is 2.03.